The fourth-order valence-electron chi connectivity index (χ4n) is 2.51. The Morgan fingerprint density at radius 1 is 1.11 bits per heavy atom. The number of H-pyrrole nitrogens is 1. The second-order valence-electron chi connectivity index (χ2n) is 5.65. The molecule has 138 valence electrons. The van der Waals surface area contributed by atoms with Crippen molar-refractivity contribution in [3.05, 3.63) is 53.3 Å². The summed E-state index contributed by atoms with van der Waals surface area (Å²) >= 11 is 6.86. The van der Waals surface area contributed by atoms with E-state index < -0.39 is 10.0 Å². The number of nitrogens with zero attached hydrogens (tertiary/aromatic N) is 4. The van der Waals surface area contributed by atoms with E-state index in [1.165, 1.54) is 6.07 Å². The summed E-state index contributed by atoms with van der Waals surface area (Å²) in [5.41, 5.74) is 1.76. The SMILES string of the molecule is O=S(=O)(NCCc1nc(-c2ccc(Cl)cc2)n[nH]1)c1cccc2nsnc12. The third-order valence-corrected chi connectivity index (χ3v) is 6.11. The molecule has 2 heterocycles. The van der Waals surface area contributed by atoms with Gasteiger partial charge in [-0.2, -0.15) is 13.8 Å². The highest BCUT2D eigenvalue weighted by Crippen LogP contribution is 2.21. The lowest BCUT2D eigenvalue weighted by atomic mass is 10.2. The largest absolute Gasteiger partial charge is 0.263 e. The third kappa shape index (κ3) is 3.83. The molecule has 0 aliphatic heterocycles. The van der Waals surface area contributed by atoms with Gasteiger partial charge in [-0.1, -0.05) is 17.7 Å². The van der Waals surface area contributed by atoms with Gasteiger partial charge in [-0.3, -0.25) is 5.10 Å². The van der Waals surface area contributed by atoms with Gasteiger partial charge in [0.05, 0.1) is 11.7 Å². The Labute approximate surface area is 164 Å². The fourth-order valence-corrected chi connectivity index (χ4v) is 4.44. The molecule has 4 rings (SSSR count). The van der Waals surface area contributed by atoms with Crippen molar-refractivity contribution in [3.63, 3.8) is 0 Å². The Morgan fingerprint density at radius 2 is 1.93 bits per heavy atom. The highest BCUT2D eigenvalue weighted by molar-refractivity contribution is 7.89. The maximum atomic E-state index is 12.6. The van der Waals surface area contributed by atoms with E-state index in [4.69, 9.17) is 11.6 Å². The number of aromatic amines is 1. The van der Waals surface area contributed by atoms with E-state index in [1.807, 2.05) is 12.1 Å². The van der Waals surface area contributed by atoms with Crippen molar-refractivity contribution in [1.82, 2.24) is 28.7 Å². The van der Waals surface area contributed by atoms with Crippen molar-refractivity contribution in [1.29, 1.82) is 0 Å². The van der Waals surface area contributed by atoms with E-state index in [0.717, 1.165) is 17.3 Å². The molecule has 4 aromatic rings. The van der Waals surface area contributed by atoms with Crippen molar-refractivity contribution in [2.24, 2.45) is 0 Å². The molecule has 11 heteroatoms. The summed E-state index contributed by atoms with van der Waals surface area (Å²) in [7, 11) is -3.70. The van der Waals surface area contributed by atoms with Crippen LogP contribution in [0.25, 0.3) is 22.4 Å². The minimum absolute atomic E-state index is 0.119. The van der Waals surface area contributed by atoms with Gasteiger partial charge in [-0.05, 0) is 36.4 Å². The van der Waals surface area contributed by atoms with Crippen molar-refractivity contribution in [2.75, 3.05) is 6.54 Å². The van der Waals surface area contributed by atoms with E-state index in [0.29, 0.717) is 34.1 Å². The second kappa shape index (κ2) is 7.31. The first-order valence-corrected chi connectivity index (χ1v) is 10.5. The lowest BCUT2D eigenvalue weighted by molar-refractivity contribution is 0.581. The minimum atomic E-state index is -3.70. The van der Waals surface area contributed by atoms with Crippen LogP contribution in [0.15, 0.2) is 47.4 Å². The molecule has 0 atom stereocenters. The monoisotopic (exact) mass is 420 g/mol. The summed E-state index contributed by atoms with van der Waals surface area (Å²) in [6.45, 7) is 0.172. The molecule has 2 aromatic carbocycles. The highest BCUT2D eigenvalue weighted by atomic mass is 35.5. The Bertz CT molecular complexity index is 1190. The van der Waals surface area contributed by atoms with E-state index in [9.17, 15) is 8.42 Å². The van der Waals surface area contributed by atoms with Crippen LogP contribution in [0.1, 0.15) is 5.82 Å². The Morgan fingerprint density at radius 3 is 2.74 bits per heavy atom. The molecular weight excluding hydrogens is 408 g/mol. The number of halogens is 1. The average Bonchev–Trinajstić information content (AvgIpc) is 3.31. The molecule has 2 aromatic heterocycles. The smallest absolute Gasteiger partial charge is 0.242 e. The predicted octanol–water partition coefficient (Wildman–Crippen LogP) is 2.65. The van der Waals surface area contributed by atoms with Crippen LogP contribution in [0.5, 0.6) is 0 Å². The third-order valence-electron chi connectivity index (χ3n) is 3.83. The van der Waals surface area contributed by atoms with Gasteiger partial charge in [0.1, 0.15) is 21.8 Å². The first-order chi connectivity index (χ1) is 13.0. The fraction of sp³-hybridized carbons (Fsp3) is 0.125. The van der Waals surface area contributed by atoms with E-state index in [-0.39, 0.29) is 11.4 Å². The number of rotatable bonds is 6. The lowest BCUT2D eigenvalue weighted by Crippen LogP contribution is -2.26. The molecule has 27 heavy (non-hydrogen) atoms. The number of hydrogen-bond acceptors (Lipinski definition) is 7. The summed E-state index contributed by atoms with van der Waals surface area (Å²) < 4.78 is 35.8. The predicted molar refractivity (Wildman–Crippen MR) is 103 cm³/mol. The zero-order valence-corrected chi connectivity index (χ0v) is 16.1. The quantitative estimate of drug-likeness (QED) is 0.495. The summed E-state index contributed by atoms with van der Waals surface area (Å²) in [5, 5.41) is 7.60. The summed E-state index contributed by atoms with van der Waals surface area (Å²) in [6.07, 6.45) is 0.366. The number of hydrogen-bond donors (Lipinski definition) is 2. The second-order valence-corrected chi connectivity index (χ2v) is 8.35. The number of aromatic nitrogens is 5. The molecular formula is C16H13ClN6O2S2. The lowest BCUT2D eigenvalue weighted by Gasteiger charge is -2.06. The zero-order chi connectivity index (χ0) is 18.9. The van der Waals surface area contributed by atoms with Gasteiger partial charge in [0, 0.05) is 23.6 Å². The number of sulfonamides is 1. The van der Waals surface area contributed by atoms with Gasteiger partial charge < -0.3 is 0 Å². The van der Waals surface area contributed by atoms with Gasteiger partial charge >= 0.3 is 0 Å². The first kappa shape index (κ1) is 18.0. The first-order valence-electron chi connectivity index (χ1n) is 7.91. The van der Waals surface area contributed by atoms with Gasteiger partial charge in [-0.25, -0.2) is 18.1 Å². The van der Waals surface area contributed by atoms with Gasteiger partial charge in [0.15, 0.2) is 5.82 Å². The Balaban J connectivity index is 1.44. The van der Waals surface area contributed by atoms with Crippen molar-refractivity contribution in [3.8, 4) is 11.4 Å². The molecule has 0 radical (unpaired) electrons. The average molecular weight is 421 g/mol. The van der Waals surface area contributed by atoms with E-state index in [1.54, 1.807) is 24.3 Å². The Hall–Kier alpha value is -2.40. The van der Waals surface area contributed by atoms with Crippen LogP contribution in [-0.2, 0) is 16.4 Å². The van der Waals surface area contributed by atoms with Crippen LogP contribution in [-0.4, -0.2) is 38.9 Å². The molecule has 0 amide bonds. The van der Waals surface area contributed by atoms with Crippen molar-refractivity contribution >= 4 is 44.4 Å². The zero-order valence-electron chi connectivity index (χ0n) is 13.8. The van der Waals surface area contributed by atoms with Crippen molar-refractivity contribution in [2.45, 2.75) is 11.3 Å². The molecule has 0 unspecified atom stereocenters. The molecule has 0 aliphatic carbocycles. The van der Waals surface area contributed by atoms with Crippen molar-refractivity contribution < 1.29 is 8.42 Å². The normalized spacial score (nSPS) is 11.9. The summed E-state index contributed by atoms with van der Waals surface area (Å²) in [6, 6.07) is 12.0. The molecule has 0 fully saturated rings. The van der Waals surface area contributed by atoms with Gasteiger partial charge in [0.25, 0.3) is 0 Å². The van der Waals surface area contributed by atoms with Gasteiger partial charge in [-0.15, -0.1) is 0 Å². The molecule has 0 spiro atoms. The number of nitrogens with one attached hydrogen (secondary N) is 2. The Kier molecular flexibility index (Phi) is 4.87. The highest BCUT2D eigenvalue weighted by Gasteiger charge is 2.19. The summed E-state index contributed by atoms with van der Waals surface area (Å²) in [4.78, 5) is 4.50. The number of benzene rings is 2. The van der Waals surface area contributed by atoms with Crippen LogP contribution in [0.2, 0.25) is 5.02 Å². The topological polar surface area (TPSA) is 114 Å². The minimum Gasteiger partial charge on any atom is -0.263 e. The van der Waals surface area contributed by atoms with Crippen LogP contribution >= 0.6 is 23.3 Å². The molecule has 0 aliphatic rings. The number of fused-ring (bicyclic) bond motifs is 1. The van der Waals surface area contributed by atoms with Gasteiger partial charge in [0.2, 0.25) is 10.0 Å². The molecule has 8 nitrogen and oxygen atoms in total. The molecule has 2 N–H and O–H groups in total. The van der Waals surface area contributed by atoms with Crippen LogP contribution in [0, 0.1) is 0 Å². The van der Waals surface area contributed by atoms with Crippen LogP contribution < -0.4 is 4.72 Å². The molecule has 0 saturated heterocycles. The molecule has 0 bridgehead atoms. The van der Waals surface area contributed by atoms with E-state index >= 15 is 0 Å². The maximum absolute atomic E-state index is 12.6. The molecule has 0 saturated carbocycles. The summed E-state index contributed by atoms with van der Waals surface area (Å²) in [5.74, 6) is 1.11. The van der Waals surface area contributed by atoms with Crippen LogP contribution in [0.3, 0.4) is 0 Å². The maximum Gasteiger partial charge on any atom is 0.242 e. The van der Waals surface area contributed by atoms with Crippen LogP contribution in [0.4, 0.5) is 0 Å². The van der Waals surface area contributed by atoms with E-state index in [2.05, 4.69) is 28.7 Å². The standard InChI is InChI=1S/C16H13ClN6O2S2/c17-11-6-4-10(5-7-11)16-19-14(20-21-16)8-9-18-27(24,25)13-3-1-2-12-15(13)23-26-22-12/h1-7,18H,8-9H2,(H,19,20,21).